The van der Waals surface area contributed by atoms with Crippen molar-refractivity contribution in [1.29, 1.82) is 0 Å². The van der Waals surface area contributed by atoms with E-state index in [2.05, 4.69) is 28.9 Å². The van der Waals surface area contributed by atoms with Gasteiger partial charge in [0.2, 0.25) is 0 Å². The number of fused-ring (bicyclic) bond motifs is 2. The van der Waals surface area contributed by atoms with Gasteiger partial charge in [-0.25, -0.2) is 0 Å². The molecule has 0 N–H and O–H groups in total. The predicted octanol–water partition coefficient (Wildman–Crippen LogP) is 1.67. The van der Waals surface area contributed by atoms with Crippen LogP contribution in [0, 0.1) is 6.54 Å². The highest BCUT2D eigenvalue weighted by molar-refractivity contribution is 5.68. The van der Waals surface area contributed by atoms with E-state index in [9.17, 15) is 0 Å². The molecule has 2 heterocycles. The monoisotopic (exact) mass is 171 g/mol. The maximum Gasteiger partial charge on any atom is 0.160 e. The Morgan fingerprint density at radius 1 is 1.31 bits per heavy atom. The molecule has 0 saturated heterocycles. The van der Waals surface area contributed by atoms with Crippen LogP contribution in [0.25, 0.3) is 5.57 Å². The van der Waals surface area contributed by atoms with Crippen LogP contribution in [0.5, 0.6) is 0 Å². The van der Waals surface area contributed by atoms with Gasteiger partial charge in [0.05, 0.1) is 0 Å². The SMILES string of the molecule is [C]1CC2=C(CC=CC2)c2nncn21. The molecule has 3 rings (SSSR count). The Morgan fingerprint density at radius 2 is 2.23 bits per heavy atom. The summed E-state index contributed by atoms with van der Waals surface area (Å²) in [5.41, 5.74) is 2.79. The number of hydrogen-bond acceptors (Lipinski definition) is 2. The minimum atomic E-state index is 0.921. The van der Waals surface area contributed by atoms with Gasteiger partial charge in [-0.2, -0.15) is 0 Å². The number of hydrogen-bond donors (Lipinski definition) is 0. The third-order valence-electron chi connectivity index (χ3n) is 2.56. The third-order valence-corrected chi connectivity index (χ3v) is 2.56. The zero-order valence-corrected chi connectivity index (χ0v) is 7.20. The van der Waals surface area contributed by atoms with Crippen molar-refractivity contribution in [3.8, 4) is 0 Å². The number of allylic oxidation sites excluding steroid dienone is 4. The van der Waals surface area contributed by atoms with Gasteiger partial charge >= 0.3 is 0 Å². The van der Waals surface area contributed by atoms with Crippen molar-refractivity contribution >= 4 is 5.57 Å². The van der Waals surface area contributed by atoms with Crippen LogP contribution in [0.4, 0.5) is 0 Å². The van der Waals surface area contributed by atoms with Crippen LogP contribution in [-0.2, 0) is 0 Å². The minimum absolute atomic E-state index is 0.921. The second kappa shape index (κ2) is 2.55. The normalized spacial score (nSPS) is 20.0. The van der Waals surface area contributed by atoms with Gasteiger partial charge in [0.1, 0.15) is 12.9 Å². The van der Waals surface area contributed by atoms with Crippen molar-refractivity contribution in [2.75, 3.05) is 0 Å². The molecule has 3 nitrogen and oxygen atoms in total. The molecule has 0 aromatic carbocycles. The molecular weight excluding hydrogens is 162 g/mol. The summed E-state index contributed by atoms with van der Waals surface area (Å²) < 4.78 is 1.90. The third kappa shape index (κ3) is 0.963. The molecule has 3 heteroatoms. The molecule has 0 bridgehead atoms. The molecule has 13 heavy (non-hydrogen) atoms. The fourth-order valence-electron chi connectivity index (χ4n) is 1.86. The summed E-state index contributed by atoms with van der Waals surface area (Å²) in [6, 6.07) is 0. The molecule has 0 atom stereocenters. The van der Waals surface area contributed by atoms with Gasteiger partial charge in [0.25, 0.3) is 0 Å². The van der Waals surface area contributed by atoms with Crippen LogP contribution in [-0.4, -0.2) is 14.8 Å². The highest BCUT2D eigenvalue weighted by Crippen LogP contribution is 2.33. The topological polar surface area (TPSA) is 30.7 Å². The average Bonchev–Trinajstić information content (AvgIpc) is 2.65. The van der Waals surface area contributed by atoms with Crippen molar-refractivity contribution in [2.45, 2.75) is 19.3 Å². The largest absolute Gasteiger partial charge is 0.302 e. The molecule has 1 aromatic rings. The predicted molar refractivity (Wildman–Crippen MR) is 48.6 cm³/mol. The van der Waals surface area contributed by atoms with Crippen LogP contribution in [0.3, 0.4) is 0 Å². The summed E-state index contributed by atoms with van der Waals surface area (Å²) in [6.07, 6.45) is 9.10. The first-order valence-electron chi connectivity index (χ1n) is 4.45. The van der Waals surface area contributed by atoms with Crippen molar-refractivity contribution < 1.29 is 0 Å². The lowest BCUT2D eigenvalue weighted by molar-refractivity contribution is 0.812. The van der Waals surface area contributed by atoms with Gasteiger partial charge in [-0.1, -0.05) is 17.7 Å². The number of nitrogens with zero attached hydrogens (tertiary/aromatic N) is 3. The second-order valence-electron chi connectivity index (χ2n) is 3.32. The van der Waals surface area contributed by atoms with Crippen LogP contribution in [0.15, 0.2) is 24.1 Å². The minimum Gasteiger partial charge on any atom is -0.302 e. The first-order chi connectivity index (χ1) is 6.45. The Labute approximate surface area is 76.8 Å². The van der Waals surface area contributed by atoms with Crippen molar-refractivity contribution in [2.24, 2.45) is 0 Å². The van der Waals surface area contributed by atoms with Crippen molar-refractivity contribution in [1.82, 2.24) is 14.8 Å². The molecular formula is C10H9N3. The Kier molecular flexibility index (Phi) is 1.39. The summed E-state index contributed by atoms with van der Waals surface area (Å²) in [6.45, 7) is 3.24. The van der Waals surface area contributed by atoms with E-state index in [-0.39, 0.29) is 0 Å². The zero-order valence-electron chi connectivity index (χ0n) is 7.20. The van der Waals surface area contributed by atoms with Crippen molar-refractivity contribution in [3.63, 3.8) is 0 Å². The summed E-state index contributed by atoms with van der Waals surface area (Å²) in [5, 5.41) is 7.99. The Hall–Kier alpha value is -1.38. The van der Waals surface area contributed by atoms with E-state index in [0.29, 0.717) is 0 Å². The maximum absolute atomic E-state index is 4.10. The summed E-state index contributed by atoms with van der Waals surface area (Å²) >= 11 is 0. The molecule has 0 unspecified atom stereocenters. The number of rotatable bonds is 0. The molecule has 2 aliphatic rings. The molecule has 1 aliphatic heterocycles. The first kappa shape index (κ1) is 7.06. The van der Waals surface area contributed by atoms with Crippen LogP contribution < -0.4 is 0 Å². The fraction of sp³-hybridized carbons (Fsp3) is 0.300. The second-order valence-corrected chi connectivity index (χ2v) is 3.32. The highest BCUT2D eigenvalue weighted by Gasteiger charge is 2.21. The van der Waals surface area contributed by atoms with E-state index in [4.69, 9.17) is 0 Å². The lowest BCUT2D eigenvalue weighted by atomic mass is 9.92. The zero-order chi connectivity index (χ0) is 8.67. The van der Waals surface area contributed by atoms with Crippen LogP contribution >= 0.6 is 0 Å². The van der Waals surface area contributed by atoms with E-state index in [1.54, 1.807) is 6.33 Å². The molecule has 0 saturated carbocycles. The molecule has 0 spiro atoms. The van der Waals surface area contributed by atoms with E-state index in [0.717, 1.165) is 25.1 Å². The summed E-state index contributed by atoms with van der Waals surface area (Å²) in [5.74, 6) is 0.977. The van der Waals surface area contributed by atoms with Gasteiger partial charge < -0.3 is 4.57 Å². The van der Waals surface area contributed by atoms with Gasteiger partial charge in [-0.05, 0) is 19.3 Å². The van der Waals surface area contributed by atoms with E-state index in [1.165, 1.54) is 11.1 Å². The molecule has 2 radical (unpaired) electrons. The Bertz CT molecular complexity index is 398. The standard InChI is InChI=1S/C10H9N3/c1-2-4-9-8(3-1)5-6-13-7-11-12-10(9)13/h1-2,7H,3-5H2. The van der Waals surface area contributed by atoms with Gasteiger partial charge in [-0.15, -0.1) is 10.2 Å². The summed E-state index contributed by atoms with van der Waals surface area (Å²) in [7, 11) is 0. The van der Waals surface area contributed by atoms with E-state index in [1.807, 2.05) is 4.57 Å². The lowest BCUT2D eigenvalue weighted by Crippen LogP contribution is -2.10. The highest BCUT2D eigenvalue weighted by atomic mass is 15.3. The maximum atomic E-state index is 4.10. The van der Waals surface area contributed by atoms with Crippen LogP contribution in [0.1, 0.15) is 25.1 Å². The molecule has 1 aliphatic carbocycles. The lowest BCUT2D eigenvalue weighted by Gasteiger charge is -2.21. The van der Waals surface area contributed by atoms with Crippen molar-refractivity contribution in [3.05, 3.63) is 36.4 Å². The first-order valence-corrected chi connectivity index (χ1v) is 4.45. The number of aromatic nitrogens is 3. The fourth-order valence-corrected chi connectivity index (χ4v) is 1.86. The van der Waals surface area contributed by atoms with Gasteiger partial charge in [0.15, 0.2) is 5.82 Å². The van der Waals surface area contributed by atoms with Crippen LogP contribution in [0.2, 0.25) is 0 Å². The summed E-state index contributed by atoms with van der Waals surface area (Å²) in [4.78, 5) is 0. The molecule has 64 valence electrons. The molecule has 1 aromatic heterocycles. The quantitative estimate of drug-likeness (QED) is 0.556. The molecule has 0 amide bonds. The Morgan fingerprint density at radius 3 is 3.23 bits per heavy atom. The molecule has 0 fully saturated rings. The van der Waals surface area contributed by atoms with Gasteiger partial charge in [-0.3, -0.25) is 0 Å². The van der Waals surface area contributed by atoms with Gasteiger partial charge in [0, 0.05) is 5.57 Å². The van der Waals surface area contributed by atoms with E-state index >= 15 is 0 Å². The smallest absolute Gasteiger partial charge is 0.160 e. The van der Waals surface area contributed by atoms with E-state index < -0.39 is 0 Å². The average molecular weight is 171 g/mol. The Balaban J connectivity index is 2.13.